The van der Waals surface area contributed by atoms with Crippen molar-refractivity contribution in [2.75, 3.05) is 0 Å². The van der Waals surface area contributed by atoms with Crippen LogP contribution in [0.25, 0.3) is 0 Å². The van der Waals surface area contributed by atoms with Gasteiger partial charge >= 0.3 is 0 Å². The Morgan fingerprint density at radius 1 is 0.652 bits per heavy atom. The molecule has 0 atom stereocenters. The third kappa shape index (κ3) is 19.2. The molecule has 23 heavy (non-hydrogen) atoms. The number of unbranched alkanes of at least 4 members (excludes halogenated alkanes) is 2. The summed E-state index contributed by atoms with van der Waals surface area (Å²) in [5, 5.41) is 0. The lowest BCUT2D eigenvalue weighted by Crippen LogP contribution is -2.09. The predicted octanol–water partition coefficient (Wildman–Crippen LogP) is 8.45. The average Bonchev–Trinajstić information content (AvgIpc) is 2.54. The van der Waals surface area contributed by atoms with Crippen LogP contribution >= 0.6 is 0 Å². The highest BCUT2D eigenvalue weighted by Gasteiger charge is 2.13. The average molecular weight is 321 g/mol. The summed E-state index contributed by atoms with van der Waals surface area (Å²) in [6.07, 6.45) is 11.9. The van der Waals surface area contributed by atoms with Crippen LogP contribution in [-0.2, 0) is 6.42 Å². The maximum absolute atomic E-state index is 2.36. The molecule has 1 rings (SSSR count). The summed E-state index contributed by atoms with van der Waals surface area (Å²) >= 11 is 0. The highest BCUT2D eigenvalue weighted by molar-refractivity contribution is 5.14. The molecule has 0 aliphatic carbocycles. The standard InChI is InChI=1S/C10H14.C9H20.C4H10/c1-2-3-7-10-8-5-4-6-9-10;1-5-7-9(3,4)8-6-2;1-3-4-2/h4-6,8-9H,2-3,7H2,1H3;5-8H2,1-4H3;3-4H2,1-2H3. The van der Waals surface area contributed by atoms with Crippen LogP contribution in [0.3, 0.4) is 0 Å². The second-order valence-corrected chi connectivity index (χ2v) is 7.25. The van der Waals surface area contributed by atoms with E-state index in [9.17, 15) is 0 Å². The summed E-state index contributed by atoms with van der Waals surface area (Å²) in [7, 11) is 0. The predicted molar refractivity (Wildman–Crippen MR) is 109 cm³/mol. The Morgan fingerprint density at radius 3 is 1.48 bits per heavy atom. The normalized spacial score (nSPS) is 10.2. The van der Waals surface area contributed by atoms with Gasteiger partial charge in [0.05, 0.1) is 0 Å². The molecule has 0 radical (unpaired) electrons. The van der Waals surface area contributed by atoms with E-state index in [0.29, 0.717) is 5.41 Å². The summed E-state index contributed by atoms with van der Waals surface area (Å²) in [5.41, 5.74) is 2.06. The maximum Gasteiger partial charge on any atom is -0.0279 e. The van der Waals surface area contributed by atoms with Crippen molar-refractivity contribution >= 4 is 0 Å². The van der Waals surface area contributed by atoms with Crippen LogP contribution in [0.2, 0.25) is 0 Å². The first-order chi connectivity index (χ1) is 11.0. The van der Waals surface area contributed by atoms with Gasteiger partial charge in [-0.05, 0) is 36.7 Å². The SMILES string of the molecule is CCCC.CCCC(C)(C)CCC.CCCCc1ccccc1. The zero-order chi connectivity index (χ0) is 18.0. The molecule has 0 bridgehead atoms. The third-order valence-electron chi connectivity index (χ3n) is 4.02. The Balaban J connectivity index is 0. The summed E-state index contributed by atoms with van der Waals surface area (Å²) in [5.74, 6) is 0. The minimum absolute atomic E-state index is 0.601. The monoisotopic (exact) mass is 320 g/mol. The highest BCUT2D eigenvalue weighted by Crippen LogP contribution is 2.27. The van der Waals surface area contributed by atoms with Gasteiger partial charge in [-0.25, -0.2) is 0 Å². The van der Waals surface area contributed by atoms with Crippen LogP contribution in [0.1, 0.15) is 105 Å². The van der Waals surface area contributed by atoms with Crippen molar-refractivity contribution in [3.63, 3.8) is 0 Å². The van der Waals surface area contributed by atoms with Crippen molar-refractivity contribution in [2.45, 2.75) is 106 Å². The van der Waals surface area contributed by atoms with E-state index in [0.717, 1.165) is 0 Å². The first kappa shape index (κ1) is 24.5. The van der Waals surface area contributed by atoms with Gasteiger partial charge in [-0.15, -0.1) is 0 Å². The Morgan fingerprint density at radius 2 is 1.13 bits per heavy atom. The van der Waals surface area contributed by atoms with Crippen LogP contribution in [0.5, 0.6) is 0 Å². The first-order valence-corrected chi connectivity index (χ1v) is 10.0. The molecule has 0 unspecified atom stereocenters. The van der Waals surface area contributed by atoms with E-state index >= 15 is 0 Å². The fourth-order valence-corrected chi connectivity index (χ4v) is 2.50. The molecular formula is C23H44. The highest BCUT2D eigenvalue weighted by atomic mass is 14.2. The Hall–Kier alpha value is -0.780. The Bertz CT molecular complexity index is 300. The van der Waals surface area contributed by atoms with Crippen molar-refractivity contribution < 1.29 is 0 Å². The first-order valence-electron chi connectivity index (χ1n) is 10.0. The van der Waals surface area contributed by atoms with E-state index in [4.69, 9.17) is 0 Å². The summed E-state index contributed by atoms with van der Waals surface area (Å²) in [6, 6.07) is 10.6. The second kappa shape index (κ2) is 17.6. The van der Waals surface area contributed by atoms with E-state index in [2.05, 4.69) is 78.8 Å². The largest absolute Gasteiger partial charge is 0.0654 e. The second-order valence-electron chi connectivity index (χ2n) is 7.25. The van der Waals surface area contributed by atoms with Gasteiger partial charge in [0.25, 0.3) is 0 Å². The van der Waals surface area contributed by atoms with Gasteiger partial charge < -0.3 is 0 Å². The van der Waals surface area contributed by atoms with Gasteiger partial charge in [0, 0.05) is 0 Å². The third-order valence-corrected chi connectivity index (χ3v) is 4.02. The molecular weight excluding hydrogens is 276 g/mol. The smallest absolute Gasteiger partial charge is 0.0279 e. The molecule has 0 fully saturated rings. The molecule has 1 aromatic carbocycles. The molecule has 1 aromatic rings. The van der Waals surface area contributed by atoms with Gasteiger partial charge in [-0.3, -0.25) is 0 Å². The number of rotatable bonds is 8. The molecule has 0 nitrogen and oxygen atoms in total. The van der Waals surface area contributed by atoms with E-state index < -0.39 is 0 Å². The molecule has 136 valence electrons. The van der Waals surface area contributed by atoms with Crippen LogP contribution in [0, 0.1) is 5.41 Å². The molecule has 0 heterocycles. The molecule has 0 N–H and O–H groups in total. The number of hydrogen-bond donors (Lipinski definition) is 0. The molecule has 0 saturated carbocycles. The zero-order valence-electron chi connectivity index (χ0n) is 17.3. The van der Waals surface area contributed by atoms with Crippen LogP contribution in [0.4, 0.5) is 0 Å². The molecule has 0 spiro atoms. The van der Waals surface area contributed by atoms with Gasteiger partial charge in [-0.1, -0.05) is 111 Å². The van der Waals surface area contributed by atoms with Crippen LogP contribution in [0.15, 0.2) is 30.3 Å². The maximum atomic E-state index is 2.36. The zero-order valence-corrected chi connectivity index (χ0v) is 17.3. The fourth-order valence-electron chi connectivity index (χ4n) is 2.50. The Labute approximate surface area is 148 Å². The molecule has 0 saturated heterocycles. The lowest BCUT2D eigenvalue weighted by molar-refractivity contribution is 0.301. The van der Waals surface area contributed by atoms with Crippen molar-refractivity contribution in [3.8, 4) is 0 Å². The van der Waals surface area contributed by atoms with Crippen LogP contribution < -0.4 is 0 Å². The number of aryl methyl sites for hydroxylation is 1. The summed E-state index contributed by atoms with van der Waals surface area (Å²) < 4.78 is 0. The topological polar surface area (TPSA) is 0 Å². The Kier molecular flexibility index (Phi) is 18.7. The molecule has 0 heteroatoms. The van der Waals surface area contributed by atoms with Gasteiger partial charge in [0.1, 0.15) is 0 Å². The molecule has 0 aliphatic heterocycles. The van der Waals surface area contributed by atoms with E-state index in [-0.39, 0.29) is 0 Å². The summed E-state index contributed by atoms with van der Waals surface area (Å²) in [4.78, 5) is 0. The molecule has 0 aromatic heterocycles. The van der Waals surface area contributed by atoms with E-state index in [1.54, 1.807) is 0 Å². The minimum atomic E-state index is 0.601. The lowest BCUT2D eigenvalue weighted by atomic mass is 9.84. The van der Waals surface area contributed by atoms with Crippen molar-refractivity contribution in [1.29, 1.82) is 0 Å². The van der Waals surface area contributed by atoms with E-state index in [1.807, 2.05) is 0 Å². The van der Waals surface area contributed by atoms with Gasteiger partial charge in [0.15, 0.2) is 0 Å². The van der Waals surface area contributed by atoms with Gasteiger partial charge in [0.2, 0.25) is 0 Å². The molecule has 0 amide bonds. The van der Waals surface area contributed by atoms with Crippen molar-refractivity contribution in [1.82, 2.24) is 0 Å². The van der Waals surface area contributed by atoms with E-state index in [1.165, 1.54) is 63.4 Å². The fraction of sp³-hybridized carbons (Fsp3) is 0.739. The number of benzene rings is 1. The summed E-state index contributed by atoms with van der Waals surface area (Å²) in [6.45, 7) is 15.8. The van der Waals surface area contributed by atoms with Gasteiger partial charge in [-0.2, -0.15) is 0 Å². The van der Waals surface area contributed by atoms with Crippen LogP contribution in [-0.4, -0.2) is 0 Å². The quantitative estimate of drug-likeness (QED) is 0.450. The lowest BCUT2D eigenvalue weighted by Gasteiger charge is -2.22. The van der Waals surface area contributed by atoms with Crippen molar-refractivity contribution in [3.05, 3.63) is 35.9 Å². The number of hydrogen-bond acceptors (Lipinski definition) is 0. The minimum Gasteiger partial charge on any atom is -0.0654 e. The van der Waals surface area contributed by atoms with Crippen molar-refractivity contribution in [2.24, 2.45) is 5.41 Å². The molecule has 0 aliphatic rings.